The molecule has 0 aliphatic rings. The Labute approximate surface area is 200 Å². The predicted octanol–water partition coefficient (Wildman–Crippen LogP) is 5.85. The monoisotopic (exact) mass is 480 g/mol. The van der Waals surface area contributed by atoms with Gasteiger partial charge in [0.2, 0.25) is 0 Å². The fourth-order valence-corrected chi connectivity index (χ4v) is 5.04. The molecule has 3 heterocycles. The molecule has 0 radical (unpaired) electrons. The van der Waals surface area contributed by atoms with Crippen LogP contribution in [0.4, 0.5) is 0 Å². The van der Waals surface area contributed by atoms with Crippen molar-refractivity contribution in [2.24, 2.45) is 0 Å². The fraction of sp³-hybridized carbons (Fsp3) is 0.240. The summed E-state index contributed by atoms with van der Waals surface area (Å²) in [7, 11) is 0. The Balaban J connectivity index is 1.38. The molecule has 0 bridgehead atoms. The van der Waals surface area contributed by atoms with Gasteiger partial charge in [-0.25, -0.2) is 14.8 Å². The maximum absolute atomic E-state index is 11.3. The molecule has 4 aromatic rings. The Morgan fingerprint density at radius 2 is 1.88 bits per heavy atom. The third-order valence-corrected chi connectivity index (χ3v) is 7.18. The molecule has 8 heteroatoms. The summed E-state index contributed by atoms with van der Waals surface area (Å²) >= 11 is 3.30. The number of hydrogen-bond donors (Lipinski definition) is 1. The van der Waals surface area contributed by atoms with E-state index in [-0.39, 0.29) is 0 Å². The smallest absolute Gasteiger partial charge is 0.333 e. The van der Waals surface area contributed by atoms with E-state index in [0.29, 0.717) is 25.5 Å². The molecule has 1 unspecified atom stereocenters. The highest BCUT2D eigenvalue weighted by Crippen LogP contribution is 2.31. The van der Waals surface area contributed by atoms with Crippen molar-refractivity contribution in [1.29, 1.82) is 0 Å². The number of aromatic nitrogens is 2. The average Bonchev–Trinajstić information content (AvgIpc) is 3.48. The summed E-state index contributed by atoms with van der Waals surface area (Å²) in [4.78, 5) is 23.6. The van der Waals surface area contributed by atoms with Gasteiger partial charge in [0.1, 0.15) is 12.4 Å². The highest BCUT2D eigenvalue weighted by molar-refractivity contribution is 7.15. The van der Waals surface area contributed by atoms with Gasteiger partial charge < -0.3 is 14.6 Å². The number of nitrogens with zero attached hydrogens (tertiary/aromatic N) is 2. The number of benzene rings is 1. The van der Waals surface area contributed by atoms with Crippen LogP contribution in [-0.4, -0.2) is 33.8 Å². The molecular formula is C25H24N2O4S2. The minimum atomic E-state index is -0.953. The van der Waals surface area contributed by atoms with Crippen LogP contribution in [0.2, 0.25) is 0 Å². The van der Waals surface area contributed by atoms with E-state index in [9.17, 15) is 9.90 Å². The van der Waals surface area contributed by atoms with Gasteiger partial charge in [-0.3, -0.25) is 0 Å². The molecule has 1 atom stereocenters. The van der Waals surface area contributed by atoms with E-state index >= 15 is 0 Å². The highest BCUT2D eigenvalue weighted by Gasteiger charge is 2.18. The van der Waals surface area contributed by atoms with Gasteiger partial charge in [-0.1, -0.05) is 18.2 Å². The average molecular weight is 481 g/mol. The number of ether oxygens (including phenoxy) is 2. The van der Waals surface area contributed by atoms with Gasteiger partial charge in [-0.15, -0.1) is 22.7 Å². The molecule has 6 nitrogen and oxygen atoms in total. The van der Waals surface area contributed by atoms with Gasteiger partial charge >= 0.3 is 5.97 Å². The van der Waals surface area contributed by atoms with Gasteiger partial charge in [0.25, 0.3) is 0 Å². The normalized spacial score (nSPS) is 11.9. The minimum Gasteiger partial charge on any atom is -0.488 e. The predicted molar refractivity (Wildman–Crippen MR) is 131 cm³/mol. The van der Waals surface area contributed by atoms with Crippen molar-refractivity contribution in [1.82, 2.24) is 9.97 Å². The van der Waals surface area contributed by atoms with Crippen LogP contribution in [0.5, 0.6) is 5.75 Å². The van der Waals surface area contributed by atoms with Gasteiger partial charge in [0.15, 0.2) is 11.9 Å². The number of aryl methyl sites for hydroxylation is 1. The second-order valence-electron chi connectivity index (χ2n) is 7.41. The first-order valence-corrected chi connectivity index (χ1v) is 12.2. The number of rotatable bonds is 10. The van der Waals surface area contributed by atoms with Crippen LogP contribution in [0.25, 0.3) is 21.1 Å². The van der Waals surface area contributed by atoms with Gasteiger partial charge in [0.05, 0.1) is 4.88 Å². The maximum atomic E-state index is 11.3. The third kappa shape index (κ3) is 5.84. The summed E-state index contributed by atoms with van der Waals surface area (Å²) in [6.07, 6.45) is 3.21. The Morgan fingerprint density at radius 3 is 2.52 bits per heavy atom. The maximum Gasteiger partial charge on any atom is 0.333 e. The molecule has 3 aromatic heterocycles. The number of carboxylic acid groups (broad SMARTS) is 1. The zero-order valence-electron chi connectivity index (χ0n) is 18.4. The van der Waals surface area contributed by atoms with E-state index < -0.39 is 12.1 Å². The lowest BCUT2D eigenvalue weighted by molar-refractivity contribution is -0.149. The van der Waals surface area contributed by atoms with Crippen LogP contribution < -0.4 is 4.74 Å². The first-order valence-electron chi connectivity index (χ1n) is 10.5. The van der Waals surface area contributed by atoms with Gasteiger partial charge in [-0.05, 0) is 54.6 Å². The van der Waals surface area contributed by atoms with Crippen LogP contribution >= 0.6 is 22.7 Å². The highest BCUT2D eigenvalue weighted by atomic mass is 32.1. The third-order valence-electron chi connectivity index (χ3n) is 5.06. The Hall–Kier alpha value is -3.07. The summed E-state index contributed by atoms with van der Waals surface area (Å²) in [6.45, 7) is 4.66. The van der Waals surface area contributed by atoms with Gasteiger partial charge in [0, 0.05) is 40.7 Å². The van der Waals surface area contributed by atoms with E-state index in [1.165, 1.54) is 0 Å². The molecule has 0 spiro atoms. The summed E-state index contributed by atoms with van der Waals surface area (Å²) < 4.78 is 11.2. The molecule has 0 saturated heterocycles. The van der Waals surface area contributed by atoms with E-state index in [0.717, 1.165) is 37.1 Å². The standard InChI is InChI=1S/C25H24N2O4S2/c1-3-30-20(25(28)29)12-17-6-8-19(9-7-17)31-15-23-16(2)11-22(33-23)24-26-13-18(14-27-24)21-5-4-10-32-21/h4-11,13-14,20H,3,12,15H2,1-2H3,(H,28,29). The first-order chi connectivity index (χ1) is 16.0. The first kappa shape index (κ1) is 23.1. The molecule has 170 valence electrons. The van der Waals surface area contributed by atoms with Crippen molar-refractivity contribution in [3.63, 3.8) is 0 Å². The van der Waals surface area contributed by atoms with Crippen LogP contribution in [0.3, 0.4) is 0 Å². The lowest BCUT2D eigenvalue weighted by Crippen LogP contribution is -2.26. The van der Waals surface area contributed by atoms with Crippen molar-refractivity contribution in [3.05, 3.63) is 76.2 Å². The largest absolute Gasteiger partial charge is 0.488 e. The molecule has 1 N–H and O–H groups in total. The number of carbonyl (C=O) groups is 1. The molecule has 0 fully saturated rings. The lowest BCUT2D eigenvalue weighted by atomic mass is 10.1. The quantitative estimate of drug-likeness (QED) is 0.306. The summed E-state index contributed by atoms with van der Waals surface area (Å²) in [5, 5.41) is 11.3. The van der Waals surface area contributed by atoms with Crippen LogP contribution in [-0.2, 0) is 22.6 Å². The SMILES string of the molecule is CCOC(Cc1ccc(OCc2sc(-c3ncc(-c4cccs4)cn3)cc2C)cc1)C(=O)O. The van der Waals surface area contributed by atoms with Crippen molar-refractivity contribution >= 4 is 28.6 Å². The molecule has 0 aliphatic heterocycles. The number of thiophene rings is 2. The molecule has 33 heavy (non-hydrogen) atoms. The molecular weight excluding hydrogens is 456 g/mol. The summed E-state index contributed by atoms with van der Waals surface area (Å²) in [5.41, 5.74) is 3.05. The topological polar surface area (TPSA) is 81.5 Å². The van der Waals surface area contributed by atoms with E-state index in [2.05, 4.69) is 29.0 Å². The lowest BCUT2D eigenvalue weighted by Gasteiger charge is -2.13. The molecule has 0 aliphatic carbocycles. The fourth-order valence-electron chi connectivity index (χ4n) is 3.30. The minimum absolute atomic E-state index is 0.322. The van der Waals surface area contributed by atoms with Crippen molar-refractivity contribution < 1.29 is 19.4 Å². The van der Waals surface area contributed by atoms with Crippen LogP contribution in [0.1, 0.15) is 22.9 Å². The van der Waals surface area contributed by atoms with Gasteiger partial charge in [-0.2, -0.15) is 0 Å². The number of carboxylic acids is 1. The molecule has 1 aromatic carbocycles. The Morgan fingerprint density at radius 1 is 1.12 bits per heavy atom. The van der Waals surface area contributed by atoms with Crippen LogP contribution in [0.15, 0.2) is 60.2 Å². The van der Waals surface area contributed by atoms with Crippen molar-refractivity contribution in [3.8, 4) is 26.9 Å². The number of hydrogen-bond acceptors (Lipinski definition) is 7. The second kappa shape index (κ2) is 10.7. The zero-order chi connectivity index (χ0) is 23.2. The second-order valence-corrected chi connectivity index (χ2v) is 9.49. The molecule has 0 saturated carbocycles. The zero-order valence-corrected chi connectivity index (χ0v) is 20.0. The van der Waals surface area contributed by atoms with E-state index in [1.54, 1.807) is 29.6 Å². The van der Waals surface area contributed by atoms with Crippen molar-refractivity contribution in [2.75, 3.05) is 6.61 Å². The molecule has 4 rings (SSSR count). The van der Waals surface area contributed by atoms with E-state index in [1.807, 2.05) is 48.1 Å². The number of aliphatic carboxylic acids is 1. The summed E-state index contributed by atoms with van der Waals surface area (Å²) in [5.74, 6) is 0.487. The Bertz CT molecular complexity index is 1190. The van der Waals surface area contributed by atoms with E-state index in [4.69, 9.17) is 9.47 Å². The van der Waals surface area contributed by atoms with Crippen molar-refractivity contribution in [2.45, 2.75) is 33.0 Å². The van der Waals surface area contributed by atoms with Crippen LogP contribution in [0, 0.1) is 6.92 Å². The molecule has 0 amide bonds. The summed E-state index contributed by atoms with van der Waals surface area (Å²) in [6, 6.07) is 13.6. The Kier molecular flexibility index (Phi) is 7.49.